The van der Waals surface area contributed by atoms with E-state index in [1.54, 1.807) is 12.1 Å². The Morgan fingerprint density at radius 3 is 2.46 bits per heavy atom. The van der Waals surface area contributed by atoms with E-state index < -0.39 is 11.4 Å². The highest BCUT2D eigenvalue weighted by atomic mass is 32.2. The second kappa shape index (κ2) is 8.74. The van der Waals surface area contributed by atoms with Gasteiger partial charge in [0.1, 0.15) is 0 Å². The summed E-state index contributed by atoms with van der Waals surface area (Å²) in [5.74, 6) is 0.0615. The number of thioether (sulfide) groups is 1. The van der Waals surface area contributed by atoms with Crippen LogP contribution in [0.3, 0.4) is 0 Å². The van der Waals surface area contributed by atoms with Crippen molar-refractivity contribution in [1.29, 1.82) is 5.26 Å². The predicted octanol–water partition coefficient (Wildman–Crippen LogP) is 2.94. The monoisotopic (exact) mass is 346 g/mol. The van der Waals surface area contributed by atoms with Gasteiger partial charge in [-0.2, -0.15) is 5.26 Å². The first kappa shape index (κ1) is 18.3. The number of carboxylic acid groups (broad SMARTS) is 1. The number of aliphatic carboxylic acids is 1. The highest BCUT2D eigenvalue weighted by Crippen LogP contribution is 2.36. The molecule has 1 saturated carbocycles. The quantitative estimate of drug-likeness (QED) is 0.792. The average Bonchev–Trinajstić information content (AvgIpc) is 2.61. The van der Waals surface area contributed by atoms with Crippen molar-refractivity contribution in [2.45, 2.75) is 37.9 Å². The van der Waals surface area contributed by atoms with Crippen molar-refractivity contribution in [3.8, 4) is 6.07 Å². The molecule has 0 aliphatic heterocycles. The number of carboxylic acids is 1. The van der Waals surface area contributed by atoms with Gasteiger partial charge in [-0.3, -0.25) is 9.59 Å². The van der Waals surface area contributed by atoms with Crippen molar-refractivity contribution in [1.82, 2.24) is 5.32 Å². The lowest BCUT2D eigenvalue weighted by Crippen LogP contribution is -2.44. The molecule has 0 heterocycles. The number of benzene rings is 1. The van der Waals surface area contributed by atoms with Gasteiger partial charge in [0.2, 0.25) is 5.91 Å². The van der Waals surface area contributed by atoms with E-state index in [-0.39, 0.29) is 12.5 Å². The highest BCUT2D eigenvalue weighted by Gasteiger charge is 2.39. The Labute approximate surface area is 146 Å². The lowest BCUT2D eigenvalue weighted by Gasteiger charge is -2.33. The van der Waals surface area contributed by atoms with Crippen molar-refractivity contribution in [2.75, 3.05) is 12.3 Å². The second-order valence-corrected chi connectivity index (χ2v) is 7.21. The van der Waals surface area contributed by atoms with Gasteiger partial charge in [-0.05, 0) is 30.5 Å². The first-order valence-electron chi connectivity index (χ1n) is 8.13. The number of nitrogens with one attached hydrogen (secondary N) is 1. The first-order chi connectivity index (χ1) is 11.6. The summed E-state index contributed by atoms with van der Waals surface area (Å²) in [5.41, 5.74) is 0.889. The molecule has 0 spiro atoms. The fourth-order valence-electron chi connectivity index (χ4n) is 2.95. The topological polar surface area (TPSA) is 90.2 Å². The Kier molecular flexibility index (Phi) is 6.68. The molecule has 1 amide bonds. The van der Waals surface area contributed by atoms with Crippen LogP contribution in [-0.4, -0.2) is 29.3 Å². The van der Waals surface area contributed by atoms with E-state index in [4.69, 9.17) is 5.26 Å². The fraction of sp³-hybridized carbons (Fsp3) is 0.500. The third-order valence-electron chi connectivity index (χ3n) is 4.47. The van der Waals surface area contributed by atoms with Crippen molar-refractivity contribution < 1.29 is 14.7 Å². The molecule has 0 bridgehead atoms. The zero-order chi connectivity index (χ0) is 17.4. The number of carbonyl (C=O) groups excluding carboxylic acids is 1. The van der Waals surface area contributed by atoms with E-state index in [0.717, 1.165) is 24.8 Å². The van der Waals surface area contributed by atoms with Crippen molar-refractivity contribution in [3.05, 3.63) is 35.4 Å². The van der Waals surface area contributed by atoms with E-state index in [1.165, 1.54) is 11.8 Å². The number of rotatable bonds is 7. The highest BCUT2D eigenvalue weighted by molar-refractivity contribution is 7.99. The van der Waals surface area contributed by atoms with Gasteiger partial charge in [0, 0.05) is 12.3 Å². The SMILES string of the molecule is N#Cc1ccc(CSCC(=O)NCC2(C(=O)O)CCCCC2)cc1. The van der Waals surface area contributed by atoms with E-state index in [0.29, 0.717) is 29.9 Å². The number of hydrogen-bond donors (Lipinski definition) is 2. The number of hydrogen-bond acceptors (Lipinski definition) is 4. The van der Waals surface area contributed by atoms with Crippen molar-refractivity contribution >= 4 is 23.6 Å². The second-order valence-electron chi connectivity index (χ2n) is 6.22. The maximum absolute atomic E-state index is 12.0. The Morgan fingerprint density at radius 1 is 1.21 bits per heavy atom. The number of nitriles is 1. The van der Waals surface area contributed by atoms with E-state index in [9.17, 15) is 14.7 Å². The molecule has 1 aromatic carbocycles. The third-order valence-corrected chi connectivity index (χ3v) is 5.48. The Balaban J connectivity index is 1.74. The van der Waals surface area contributed by atoms with Crippen LogP contribution in [0.25, 0.3) is 0 Å². The summed E-state index contributed by atoms with van der Waals surface area (Å²) in [6.07, 6.45) is 4.18. The zero-order valence-electron chi connectivity index (χ0n) is 13.6. The van der Waals surface area contributed by atoms with Crippen LogP contribution in [0.15, 0.2) is 24.3 Å². The number of nitrogens with zero attached hydrogens (tertiary/aromatic N) is 1. The lowest BCUT2D eigenvalue weighted by molar-refractivity contribution is -0.150. The third kappa shape index (κ3) is 5.00. The minimum atomic E-state index is -0.798. The molecule has 2 rings (SSSR count). The zero-order valence-corrected chi connectivity index (χ0v) is 14.4. The molecule has 0 aromatic heterocycles. The molecule has 0 saturated heterocycles. The summed E-state index contributed by atoms with van der Waals surface area (Å²) in [6.45, 7) is 0.221. The summed E-state index contributed by atoms with van der Waals surface area (Å²) in [7, 11) is 0. The molecule has 6 heteroatoms. The van der Waals surface area contributed by atoms with Gasteiger partial charge in [0.05, 0.1) is 22.8 Å². The first-order valence-corrected chi connectivity index (χ1v) is 9.28. The molecule has 128 valence electrons. The minimum absolute atomic E-state index is 0.125. The lowest BCUT2D eigenvalue weighted by atomic mass is 9.74. The molecule has 2 N–H and O–H groups in total. The largest absolute Gasteiger partial charge is 0.481 e. The van der Waals surface area contributed by atoms with Crippen LogP contribution in [0, 0.1) is 16.7 Å². The predicted molar refractivity (Wildman–Crippen MR) is 93.5 cm³/mol. The maximum Gasteiger partial charge on any atom is 0.311 e. The van der Waals surface area contributed by atoms with Crippen LogP contribution < -0.4 is 5.32 Å². The summed E-state index contributed by atoms with van der Waals surface area (Å²) >= 11 is 1.48. The smallest absolute Gasteiger partial charge is 0.311 e. The van der Waals surface area contributed by atoms with E-state index in [1.807, 2.05) is 12.1 Å². The molecule has 1 fully saturated rings. The molecular weight excluding hydrogens is 324 g/mol. The molecule has 0 unspecified atom stereocenters. The summed E-state index contributed by atoms with van der Waals surface area (Å²) in [6, 6.07) is 9.35. The summed E-state index contributed by atoms with van der Waals surface area (Å²) in [5, 5.41) is 21.0. The number of carbonyl (C=O) groups is 2. The van der Waals surface area contributed by atoms with Crippen molar-refractivity contribution in [2.24, 2.45) is 5.41 Å². The summed E-state index contributed by atoms with van der Waals surface area (Å²) < 4.78 is 0. The molecular formula is C18H22N2O3S. The van der Waals surface area contributed by atoms with Gasteiger partial charge in [0.25, 0.3) is 0 Å². The van der Waals surface area contributed by atoms with Gasteiger partial charge < -0.3 is 10.4 Å². The van der Waals surface area contributed by atoms with E-state index in [2.05, 4.69) is 11.4 Å². The fourth-order valence-corrected chi connectivity index (χ4v) is 3.77. The van der Waals surface area contributed by atoms with Crippen LogP contribution in [0.1, 0.15) is 43.2 Å². The van der Waals surface area contributed by atoms with Crippen LogP contribution in [-0.2, 0) is 15.3 Å². The van der Waals surface area contributed by atoms with Crippen LogP contribution in [0.4, 0.5) is 0 Å². The standard InChI is InChI=1S/C18H22N2O3S/c19-10-14-4-6-15(7-5-14)11-24-12-16(21)20-13-18(17(22)23)8-2-1-3-9-18/h4-7H,1-3,8-9,11-13H2,(H,20,21)(H,22,23). The van der Waals surface area contributed by atoms with Gasteiger partial charge in [-0.1, -0.05) is 31.4 Å². The van der Waals surface area contributed by atoms with Gasteiger partial charge in [-0.25, -0.2) is 0 Å². The normalized spacial score (nSPS) is 16.1. The van der Waals surface area contributed by atoms with Gasteiger partial charge in [-0.15, -0.1) is 11.8 Å². The molecule has 5 nitrogen and oxygen atoms in total. The molecule has 1 aliphatic carbocycles. The maximum atomic E-state index is 12.0. The molecule has 1 aliphatic rings. The number of amides is 1. The van der Waals surface area contributed by atoms with Crippen LogP contribution in [0.2, 0.25) is 0 Å². The Hall–Kier alpha value is -2.00. The van der Waals surface area contributed by atoms with E-state index >= 15 is 0 Å². The Morgan fingerprint density at radius 2 is 1.88 bits per heavy atom. The molecule has 24 heavy (non-hydrogen) atoms. The minimum Gasteiger partial charge on any atom is -0.481 e. The molecule has 0 atom stereocenters. The van der Waals surface area contributed by atoms with Gasteiger partial charge >= 0.3 is 5.97 Å². The van der Waals surface area contributed by atoms with Crippen molar-refractivity contribution in [3.63, 3.8) is 0 Å². The Bertz CT molecular complexity index is 616. The molecule has 0 radical (unpaired) electrons. The molecule has 1 aromatic rings. The van der Waals surface area contributed by atoms with Crippen LogP contribution in [0.5, 0.6) is 0 Å². The average molecular weight is 346 g/mol. The summed E-state index contributed by atoms with van der Waals surface area (Å²) in [4.78, 5) is 23.5. The van der Waals surface area contributed by atoms with Crippen LogP contribution >= 0.6 is 11.8 Å². The van der Waals surface area contributed by atoms with Gasteiger partial charge in [0.15, 0.2) is 0 Å².